The molecule has 0 atom stereocenters. The van der Waals surface area contributed by atoms with E-state index in [1.807, 2.05) is 6.92 Å². The predicted molar refractivity (Wildman–Crippen MR) is 75.3 cm³/mol. The van der Waals surface area contributed by atoms with Gasteiger partial charge in [0.25, 0.3) is 0 Å². The molecule has 0 amide bonds. The fraction of sp³-hybridized carbons (Fsp3) is 0.333. The molecule has 0 radical (unpaired) electrons. The normalized spacial score (nSPS) is 12.1. The number of aryl methyl sites for hydroxylation is 1. The van der Waals surface area contributed by atoms with Gasteiger partial charge in [-0.1, -0.05) is 0 Å². The molecule has 0 bridgehead atoms. The minimum absolute atomic E-state index is 0.0694. The maximum absolute atomic E-state index is 13.6. The molecule has 0 spiro atoms. The number of halogens is 1. The van der Waals surface area contributed by atoms with Crippen LogP contribution in [0.5, 0.6) is 0 Å². The van der Waals surface area contributed by atoms with Crippen LogP contribution in [0.1, 0.15) is 4.88 Å². The Labute approximate surface area is 108 Å². The summed E-state index contributed by atoms with van der Waals surface area (Å²) in [5.74, 6) is -0.0694. The molecule has 0 N–H and O–H groups in total. The summed E-state index contributed by atoms with van der Waals surface area (Å²) in [5, 5.41) is 0. The molecular weight excluding hydrogens is 346 g/mol. The van der Waals surface area contributed by atoms with Crippen molar-refractivity contribution in [2.75, 3.05) is 0 Å². The summed E-state index contributed by atoms with van der Waals surface area (Å²) in [7, 11) is 0. The van der Waals surface area contributed by atoms with E-state index in [9.17, 15) is 4.39 Å². The van der Waals surface area contributed by atoms with Gasteiger partial charge < -0.3 is 0 Å². The minimum atomic E-state index is -1.97. The topological polar surface area (TPSA) is 0 Å². The Morgan fingerprint density at radius 1 is 1.12 bits per heavy atom. The number of rotatable bonds is 2. The van der Waals surface area contributed by atoms with Gasteiger partial charge in [0.2, 0.25) is 0 Å². The Balaban J connectivity index is 2.43. The summed E-state index contributed by atoms with van der Waals surface area (Å²) in [4.78, 5) is 10.1. The van der Waals surface area contributed by atoms with Crippen LogP contribution in [-0.2, 0) is 0 Å². The zero-order valence-corrected chi connectivity index (χ0v) is 14.4. The SMILES string of the molecule is Cc1cc(F)c(-c2cc[c]([Sn]([CH3])([CH3])[CH3])s2)s1. The molecule has 0 aliphatic heterocycles. The first-order chi connectivity index (χ1) is 7.38. The van der Waals surface area contributed by atoms with Crippen LogP contribution in [0.3, 0.4) is 0 Å². The van der Waals surface area contributed by atoms with Gasteiger partial charge in [0.1, 0.15) is 0 Å². The molecule has 0 nitrogen and oxygen atoms in total. The van der Waals surface area contributed by atoms with Crippen molar-refractivity contribution >= 4 is 43.9 Å². The molecular formula is C12H15FS2Sn. The maximum atomic E-state index is 13.6. The van der Waals surface area contributed by atoms with Gasteiger partial charge in [-0.25, -0.2) is 0 Å². The molecule has 0 saturated carbocycles. The van der Waals surface area contributed by atoms with Crippen molar-refractivity contribution in [1.29, 1.82) is 0 Å². The third-order valence-corrected chi connectivity index (χ3v) is 14.2. The van der Waals surface area contributed by atoms with Crippen molar-refractivity contribution in [1.82, 2.24) is 0 Å². The summed E-state index contributed by atoms with van der Waals surface area (Å²) >= 11 is 1.36. The zero-order valence-electron chi connectivity index (χ0n) is 9.93. The monoisotopic (exact) mass is 362 g/mol. The molecule has 2 rings (SSSR count). The Kier molecular flexibility index (Phi) is 3.48. The molecule has 0 aliphatic rings. The fourth-order valence-corrected chi connectivity index (χ4v) is 8.81. The Morgan fingerprint density at radius 3 is 2.25 bits per heavy atom. The summed E-state index contributed by atoms with van der Waals surface area (Å²) < 4.78 is 15.1. The Hall–Kier alpha value is 0.129. The zero-order chi connectivity index (χ0) is 11.9. The van der Waals surface area contributed by atoms with E-state index in [0.29, 0.717) is 0 Å². The molecule has 86 valence electrons. The molecule has 0 unspecified atom stereocenters. The molecule has 2 aromatic heterocycles. The number of hydrogen-bond acceptors (Lipinski definition) is 2. The van der Waals surface area contributed by atoms with Gasteiger partial charge in [-0.05, 0) is 0 Å². The first-order valence-electron chi connectivity index (χ1n) is 5.24. The molecule has 4 heteroatoms. The van der Waals surface area contributed by atoms with Crippen LogP contribution >= 0.6 is 22.7 Å². The van der Waals surface area contributed by atoms with Crippen LogP contribution in [-0.4, -0.2) is 18.4 Å². The third-order valence-electron chi connectivity index (χ3n) is 2.38. The van der Waals surface area contributed by atoms with E-state index >= 15 is 0 Å². The van der Waals surface area contributed by atoms with Crippen LogP contribution in [0.25, 0.3) is 9.75 Å². The molecule has 0 fully saturated rings. The van der Waals surface area contributed by atoms with Gasteiger partial charge in [-0.2, -0.15) is 0 Å². The van der Waals surface area contributed by atoms with Crippen molar-refractivity contribution in [2.45, 2.75) is 21.7 Å². The van der Waals surface area contributed by atoms with Gasteiger partial charge in [0.05, 0.1) is 0 Å². The first-order valence-corrected chi connectivity index (χ1v) is 16.9. The third kappa shape index (κ3) is 2.51. The molecule has 2 aromatic rings. The van der Waals surface area contributed by atoms with Gasteiger partial charge in [-0.15, -0.1) is 0 Å². The van der Waals surface area contributed by atoms with E-state index in [1.165, 1.54) is 2.89 Å². The van der Waals surface area contributed by atoms with Crippen molar-refractivity contribution in [2.24, 2.45) is 0 Å². The number of hydrogen-bond donors (Lipinski definition) is 0. The molecule has 0 saturated heterocycles. The van der Waals surface area contributed by atoms with Crippen molar-refractivity contribution in [3.8, 4) is 9.75 Å². The van der Waals surface area contributed by atoms with Crippen LogP contribution in [0.4, 0.5) is 4.39 Å². The van der Waals surface area contributed by atoms with E-state index in [0.717, 1.165) is 14.6 Å². The second kappa shape index (κ2) is 4.42. The van der Waals surface area contributed by atoms with Gasteiger partial charge >= 0.3 is 109 Å². The second-order valence-corrected chi connectivity index (χ2v) is 22.7. The second-order valence-electron chi connectivity index (χ2n) is 4.95. The standard InChI is InChI=1S/C9H6FS2.3CH3.Sn/c1-6-5-7(10)9(12-6)8-3-2-4-11-8;;;;/h2-3,5H,1H3;3*1H3;. The summed E-state index contributed by atoms with van der Waals surface area (Å²) in [6.07, 6.45) is 0. The van der Waals surface area contributed by atoms with Gasteiger partial charge in [-0.3, -0.25) is 0 Å². The van der Waals surface area contributed by atoms with Crippen molar-refractivity contribution in [3.63, 3.8) is 0 Å². The number of thiophene rings is 2. The van der Waals surface area contributed by atoms with Crippen LogP contribution in [0.15, 0.2) is 18.2 Å². The summed E-state index contributed by atoms with van der Waals surface area (Å²) in [6.45, 7) is 1.95. The fourth-order valence-electron chi connectivity index (χ4n) is 1.51. The molecule has 0 aromatic carbocycles. The van der Waals surface area contributed by atoms with Crippen LogP contribution in [0.2, 0.25) is 14.8 Å². The van der Waals surface area contributed by atoms with E-state index in [1.54, 1.807) is 28.7 Å². The van der Waals surface area contributed by atoms with Crippen LogP contribution < -0.4 is 2.89 Å². The van der Waals surface area contributed by atoms with E-state index in [-0.39, 0.29) is 5.82 Å². The Morgan fingerprint density at radius 2 is 1.81 bits per heavy atom. The average Bonchev–Trinajstić information content (AvgIpc) is 2.70. The van der Waals surface area contributed by atoms with E-state index in [2.05, 4.69) is 27.0 Å². The summed E-state index contributed by atoms with van der Waals surface area (Å²) in [6, 6.07) is 5.90. The molecule has 2 heterocycles. The van der Waals surface area contributed by atoms with Crippen molar-refractivity contribution in [3.05, 3.63) is 28.9 Å². The van der Waals surface area contributed by atoms with Crippen LogP contribution in [0, 0.1) is 12.7 Å². The average molecular weight is 361 g/mol. The summed E-state index contributed by atoms with van der Waals surface area (Å²) in [5.41, 5.74) is 0. The Bertz CT molecular complexity index is 505. The predicted octanol–water partition coefficient (Wildman–Crippen LogP) is 4.47. The van der Waals surface area contributed by atoms with Crippen molar-refractivity contribution < 1.29 is 4.39 Å². The first kappa shape index (κ1) is 12.6. The molecule has 0 aliphatic carbocycles. The molecule has 16 heavy (non-hydrogen) atoms. The van der Waals surface area contributed by atoms with Gasteiger partial charge in [0.15, 0.2) is 0 Å². The van der Waals surface area contributed by atoms with Gasteiger partial charge in [0, 0.05) is 0 Å². The van der Waals surface area contributed by atoms with E-state index < -0.39 is 18.4 Å². The van der Waals surface area contributed by atoms with E-state index in [4.69, 9.17) is 0 Å². The quantitative estimate of drug-likeness (QED) is 0.693.